The van der Waals surface area contributed by atoms with Crippen LogP contribution in [-0.2, 0) is 0 Å². The molecule has 14 heavy (non-hydrogen) atoms. The Hall–Kier alpha value is -0.570. The van der Waals surface area contributed by atoms with E-state index in [1.165, 1.54) is 12.8 Å². The van der Waals surface area contributed by atoms with Crippen LogP contribution in [0.25, 0.3) is 0 Å². The van der Waals surface area contributed by atoms with Crippen LogP contribution in [0.3, 0.4) is 0 Å². The Morgan fingerprint density at radius 1 is 1.43 bits per heavy atom. The number of rotatable bonds is 2. The number of hydrogen-bond acceptors (Lipinski definition) is 3. The van der Waals surface area contributed by atoms with Crippen LogP contribution in [-0.4, -0.2) is 11.0 Å². The van der Waals surface area contributed by atoms with Gasteiger partial charge in [0, 0.05) is 11.4 Å². The minimum Gasteiger partial charge on any atom is -0.359 e. The summed E-state index contributed by atoms with van der Waals surface area (Å²) in [5.74, 6) is 1.63. The van der Waals surface area contributed by atoms with Gasteiger partial charge in [-0.05, 0) is 31.6 Å². The first-order chi connectivity index (χ1) is 6.66. The molecule has 0 spiro atoms. The zero-order valence-corrected chi connectivity index (χ0v) is 9.90. The molecular formula is C11H18N2S. The highest BCUT2D eigenvalue weighted by atomic mass is 32.1. The predicted molar refractivity (Wildman–Crippen MR) is 61.8 cm³/mol. The standard InChI is InChI=1S/C11H18N2S/c1-7-4-5-10(9(7)3)13-11-12-8(2)6-14-11/h6-7,9-10H,4-5H2,1-3H3,(H,12,13). The second kappa shape index (κ2) is 3.89. The number of nitrogens with zero attached hydrogens (tertiary/aromatic N) is 1. The van der Waals surface area contributed by atoms with Crippen LogP contribution in [0.15, 0.2) is 5.38 Å². The largest absolute Gasteiger partial charge is 0.359 e. The molecule has 1 aromatic rings. The molecule has 1 aliphatic carbocycles. The lowest BCUT2D eigenvalue weighted by atomic mass is 9.98. The van der Waals surface area contributed by atoms with Gasteiger partial charge in [0.25, 0.3) is 0 Å². The second-order valence-corrected chi connectivity index (χ2v) is 5.32. The normalized spacial score (nSPS) is 32.1. The fourth-order valence-corrected chi connectivity index (χ4v) is 2.90. The van der Waals surface area contributed by atoms with Crippen molar-refractivity contribution in [3.05, 3.63) is 11.1 Å². The van der Waals surface area contributed by atoms with Crippen LogP contribution in [0.2, 0.25) is 0 Å². The van der Waals surface area contributed by atoms with Crippen LogP contribution >= 0.6 is 11.3 Å². The van der Waals surface area contributed by atoms with E-state index in [0.29, 0.717) is 6.04 Å². The van der Waals surface area contributed by atoms with Gasteiger partial charge in [-0.2, -0.15) is 0 Å². The summed E-state index contributed by atoms with van der Waals surface area (Å²) in [6, 6.07) is 0.635. The van der Waals surface area contributed by atoms with Gasteiger partial charge >= 0.3 is 0 Å². The van der Waals surface area contributed by atoms with Crippen molar-refractivity contribution in [1.29, 1.82) is 0 Å². The molecule has 0 saturated heterocycles. The third-order valence-corrected chi connectivity index (χ3v) is 4.28. The maximum absolute atomic E-state index is 4.44. The molecule has 2 nitrogen and oxygen atoms in total. The molecule has 2 rings (SSSR count). The molecule has 0 radical (unpaired) electrons. The van der Waals surface area contributed by atoms with Crippen molar-refractivity contribution >= 4 is 16.5 Å². The van der Waals surface area contributed by atoms with E-state index in [1.54, 1.807) is 11.3 Å². The summed E-state index contributed by atoms with van der Waals surface area (Å²) in [4.78, 5) is 4.44. The lowest BCUT2D eigenvalue weighted by molar-refractivity contribution is 0.435. The molecule has 1 fully saturated rings. The first kappa shape index (κ1) is 9.97. The number of aromatic nitrogens is 1. The first-order valence-electron chi connectivity index (χ1n) is 5.35. The quantitative estimate of drug-likeness (QED) is 0.810. The summed E-state index contributed by atoms with van der Waals surface area (Å²) in [5, 5.41) is 6.74. The van der Waals surface area contributed by atoms with Crippen molar-refractivity contribution in [2.45, 2.75) is 39.7 Å². The van der Waals surface area contributed by atoms with Crippen molar-refractivity contribution < 1.29 is 0 Å². The van der Waals surface area contributed by atoms with E-state index in [2.05, 4.69) is 29.5 Å². The average Bonchev–Trinajstić information content (AvgIpc) is 2.67. The Morgan fingerprint density at radius 3 is 2.71 bits per heavy atom. The van der Waals surface area contributed by atoms with E-state index in [4.69, 9.17) is 0 Å². The molecule has 0 bridgehead atoms. The molecule has 0 aromatic carbocycles. The van der Waals surface area contributed by atoms with Crippen LogP contribution in [0, 0.1) is 18.8 Å². The number of hydrogen-bond donors (Lipinski definition) is 1. The second-order valence-electron chi connectivity index (χ2n) is 4.46. The fourth-order valence-electron chi connectivity index (χ4n) is 2.15. The molecule has 1 heterocycles. The van der Waals surface area contributed by atoms with Gasteiger partial charge in [0.2, 0.25) is 0 Å². The summed E-state index contributed by atoms with van der Waals surface area (Å²) in [6.45, 7) is 6.73. The molecule has 1 N–H and O–H groups in total. The predicted octanol–water partition coefficient (Wildman–Crippen LogP) is 3.30. The van der Waals surface area contributed by atoms with Gasteiger partial charge in [-0.25, -0.2) is 4.98 Å². The maximum atomic E-state index is 4.44. The lowest BCUT2D eigenvalue weighted by Gasteiger charge is -2.18. The topological polar surface area (TPSA) is 24.9 Å². The van der Waals surface area contributed by atoms with Crippen LogP contribution < -0.4 is 5.32 Å². The molecule has 78 valence electrons. The highest BCUT2D eigenvalue weighted by Crippen LogP contribution is 2.33. The minimum atomic E-state index is 0.635. The smallest absolute Gasteiger partial charge is 0.183 e. The summed E-state index contributed by atoms with van der Waals surface area (Å²) in [7, 11) is 0. The Bertz CT molecular complexity index is 308. The van der Waals surface area contributed by atoms with Gasteiger partial charge in [0.1, 0.15) is 0 Å². The number of anilines is 1. The molecular weight excluding hydrogens is 192 g/mol. The highest BCUT2D eigenvalue weighted by Gasteiger charge is 2.29. The van der Waals surface area contributed by atoms with Gasteiger partial charge < -0.3 is 5.32 Å². The van der Waals surface area contributed by atoms with E-state index in [9.17, 15) is 0 Å². The van der Waals surface area contributed by atoms with E-state index < -0.39 is 0 Å². The third-order valence-electron chi connectivity index (χ3n) is 3.39. The summed E-state index contributed by atoms with van der Waals surface area (Å²) in [6.07, 6.45) is 2.64. The SMILES string of the molecule is Cc1csc(NC2CCC(C)C2C)n1. The number of nitrogens with one attached hydrogen (secondary N) is 1. The summed E-state index contributed by atoms with van der Waals surface area (Å²) < 4.78 is 0. The molecule has 3 heteroatoms. The van der Waals surface area contributed by atoms with Crippen molar-refractivity contribution in [3.8, 4) is 0 Å². The molecule has 1 aliphatic rings. The van der Waals surface area contributed by atoms with Crippen molar-refractivity contribution in [1.82, 2.24) is 4.98 Å². The summed E-state index contributed by atoms with van der Waals surface area (Å²) in [5.41, 5.74) is 1.12. The fraction of sp³-hybridized carbons (Fsp3) is 0.727. The number of aryl methyl sites for hydroxylation is 1. The number of thiazole rings is 1. The summed E-state index contributed by atoms with van der Waals surface area (Å²) >= 11 is 1.72. The lowest BCUT2D eigenvalue weighted by Crippen LogP contribution is -2.23. The monoisotopic (exact) mass is 210 g/mol. The van der Waals surface area contributed by atoms with Crippen LogP contribution in [0.5, 0.6) is 0 Å². The van der Waals surface area contributed by atoms with Crippen LogP contribution in [0.4, 0.5) is 5.13 Å². The average molecular weight is 210 g/mol. The van der Waals surface area contributed by atoms with Crippen molar-refractivity contribution in [2.24, 2.45) is 11.8 Å². The Morgan fingerprint density at radius 2 is 2.21 bits per heavy atom. The van der Waals surface area contributed by atoms with Gasteiger partial charge in [-0.1, -0.05) is 13.8 Å². The Balaban J connectivity index is 1.98. The van der Waals surface area contributed by atoms with Crippen molar-refractivity contribution in [2.75, 3.05) is 5.32 Å². The molecule has 0 aliphatic heterocycles. The molecule has 3 unspecified atom stereocenters. The zero-order valence-electron chi connectivity index (χ0n) is 9.08. The van der Waals surface area contributed by atoms with E-state index in [-0.39, 0.29) is 0 Å². The van der Waals surface area contributed by atoms with E-state index in [1.807, 2.05) is 6.92 Å². The third kappa shape index (κ3) is 1.92. The minimum absolute atomic E-state index is 0.635. The molecule has 0 amide bonds. The van der Waals surface area contributed by atoms with Gasteiger partial charge in [-0.15, -0.1) is 11.3 Å². The molecule has 1 aromatic heterocycles. The maximum Gasteiger partial charge on any atom is 0.183 e. The Labute approximate surface area is 89.8 Å². The van der Waals surface area contributed by atoms with Crippen LogP contribution in [0.1, 0.15) is 32.4 Å². The molecule has 1 saturated carbocycles. The van der Waals surface area contributed by atoms with E-state index in [0.717, 1.165) is 22.7 Å². The van der Waals surface area contributed by atoms with E-state index >= 15 is 0 Å². The molecule has 3 atom stereocenters. The van der Waals surface area contributed by atoms with Gasteiger partial charge in [0.05, 0.1) is 5.69 Å². The van der Waals surface area contributed by atoms with Crippen molar-refractivity contribution in [3.63, 3.8) is 0 Å². The zero-order chi connectivity index (χ0) is 10.1. The highest BCUT2D eigenvalue weighted by molar-refractivity contribution is 7.13. The van der Waals surface area contributed by atoms with Gasteiger partial charge in [-0.3, -0.25) is 0 Å². The van der Waals surface area contributed by atoms with Gasteiger partial charge in [0.15, 0.2) is 5.13 Å². The Kier molecular flexibility index (Phi) is 2.77. The first-order valence-corrected chi connectivity index (χ1v) is 6.23.